The quantitative estimate of drug-likeness (QED) is 0.796. The minimum absolute atomic E-state index is 0. The van der Waals surface area contributed by atoms with Crippen LogP contribution in [0.15, 0.2) is 29.1 Å². The van der Waals surface area contributed by atoms with Crippen LogP contribution in [-0.2, 0) is 13.1 Å². The topological polar surface area (TPSA) is 57.2 Å². The number of fused-ring (bicyclic) bond motifs is 1. The summed E-state index contributed by atoms with van der Waals surface area (Å²) in [5.41, 5.74) is 6.78. The summed E-state index contributed by atoms with van der Waals surface area (Å²) in [4.78, 5) is 12.9. The molecular weight excluding hydrogens is 324 g/mol. The maximum Gasteiger partial charge on any atom is 0.258 e. The van der Waals surface area contributed by atoms with Crippen LogP contribution in [0.2, 0.25) is 0 Å². The summed E-state index contributed by atoms with van der Waals surface area (Å²) < 4.78 is 7.85. The summed E-state index contributed by atoms with van der Waals surface area (Å²) in [5, 5.41) is 1.56. The number of nitrogens with zero attached hydrogens (tertiary/aromatic N) is 1. The Morgan fingerprint density at radius 1 is 1.17 bits per heavy atom. The van der Waals surface area contributed by atoms with Gasteiger partial charge in [-0.05, 0) is 17.9 Å². The summed E-state index contributed by atoms with van der Waals surface area (Å²) in [5.74, 6) is 0.764. The van der Waals surface area contributed by atoms with Crippen LogP contribution in [0, 0.1) is 5.41 Å². The third-order valence-electron chi connectivity index (χ3n) is 3.81. The molecule has 2 rings (SSSR count). The van der Waals surface area contributed by atoms with Gasteiger partial charge in [0.2, 0.25) is 0 Å². The molecule has 4 nitrogen and oxygen atoms in total. The van der Waals surface area contributed by atoms with Crippen LogP contribution in [0.4, 0.5) is 0 Å². The minimum atomic E-state index is -0.0170. The van der Waals surface area contributed by atoms with Crippen molar-refractivity contribution in [2.75, 3.05) is 6.61 Å². The normalized spacial score (nSPS) is 11.4. The van der Waals surface area contributed by atoms with Crippen LogP contribution in [0.1, 0.15) is 46.2 Å². The molecule has 0 aliphatic heterocycles. The lowest BCUT2D eigenvalue weighted by molar-refractivity contribution is 0.295. The molecule has 5 heteroatoms. The second kappa shape index (κ2) is 8.54. The molecule has 2 aromatic rings. The first-order valence-electron chi connectivity index (χ1n) is 8.36. The first-order chi connectivity index (χ1) is 10.9. The van der Waals surface area contributed by atoms with E-state index in [1.807, 2.05) is 24.3 Å². The van der Waals surface area contributed by atoms with E-state index in [0.29, 0.717) is 18.5 Å². The molecule has 0 radical (unpaired) electrons. The van der Waals surface area contributed by atoms with Crippen molar-refractivity contribution >= 4 is 23.2 Å². The fraction of sp³-hybridized carbons (Fsp3) is 0.526. The van der Waals surface area contributed by atoms with Crippen molar-refractivity contribution in [3.05, 3.63) is 40.3 Å². The Morgan fingerprint density at radius 3 is 2.33 bits per heavy atom. The van der Waals surface area contributed by atoms with Crippen molar-refractivity contribution < 1.29 is 4.74 Å². The van der Waals surface area contributed by atoms with Gasteiger partial charge in [0.15, 0.2) is 0 Å². The number of benzene rings is 1. The van der Waals surface area contributed by atoms with Crippen LogP contribution < -0.4 is 16.0 Å². The Morgan fingerprint density at radius 2 is 1.79 bits per heavy atom. The minimum Gasteiger partial charge on any atom is -0.491 e. The number of halogens is 1. The predicted octanol–water partition coefficient (Wildman–Crippen LogP) is 4.11. The lowest BCUT2D eigenvalue weighted by Gasteiger charge is -2.25. The molecule has 1 aromatic heterocycles. The molecule has 1 aromatic carbocycles. The van der Waals surface area contributed by atoms with Gasteiger partial charge in [-0.2, -0.15) is 0 Å². The molecule has 0 saturated heterocycles. The van der Waals surface area contributed by atoms with Gasteiger partial charge in [-0.1, -0.05) is 52.3 Å². The van der Waals surface area contributed by atoms with E-state index in [2.05, 4.69) is 27.7 Å². The molecule has 0 aliphatic rings. The van der Waals surface area contributed by atoms with Crippen LogP contribution in [0.25, 0.3) is 10.8 Å². The Bertz CT molecular complexity index is 732. The molecule has 0 unspecified atom stereocenters. The molecule has 0 atom stereocenters. The average molecular weight is 353 g/mol. The maximum absolute atomic E-state index is 12.9. The van der Waals surface area contributed by atoms with E-state index in [9.17, 15) is 4.79 Å². The van der Waals surface area contributed by atoms with Gasteiger partial charge < -0.3 is 15.0 Å². The summed E-state index contributed by atoms with van der Waals surface area (Å²) in [6, 6.07) is 7.63. The zero-order chi connectivity index (χ0) is 17.0. The van der Waals surface area contributed by atoms with E-state index < -0.39 is 0 Å². The van der Waals surface area contributed by atoms with Crippen molar-refractivity contribution in [3.63, 3.8) is 0 Å². The van der Waals surface area contributed by atoms with Crippen molar-refractivity contribution in [2.24, 2.45) is 11.1 Å². The second-order valence-corrected chi connectivity index (χ2v) is 7.18. The van der Waals surface area contributed by atoms with Gasteiger partial charge in [0, 0.05) is 18.5 Å². The summed E-state index contributed by atoms with van der Waals surface area (Å²) in [6.07, 6.45) is 2.05. The van der Waals surface area contributed by atoms with E-state index in [4.69, 9.17) is 10.5 Å². The number of ether oxygens (including phenoxy) is 1. The third-order valence-corrected chi connectivity index (χ3v) is 3.81. The second-order valence-electron chi connectivity index (χ2n) is 7.18. The van der Waals surface area contributed by atoms with E-state index >= 15 is 0 Å². The standard InChI is InChI=1S/C19H28N2O2.ClH/c1-5-6-11-23-17-14-9-7-8-10-15(14)18(22)21(16(17)12-20)13-19(2,3)4;/h7-10H,5-6,11-13,20H2,1-4H3;1H. The van der Waals surface area contributed by atoms with Gasteiger partial charge in [0.1, 0.15) is 5.75 Å². The highest BCUT2D eigenvalue weighted by Crippen LogP contribution is 2.29. The highest BCUT2D eigenvalue weighted by atomic mass is 35.5. The number of rotatable bonds is 6. The number of aromatic nitrogens is 1. The zero-order valence-corrected chi connectivity index (χ0v) is 15.9. The highest BCUT2D eigenvalue weighted by Gasteiger charge is 2.20. The predicted molar refractivity (Wildman–Crippen MR) is 103 cm³/mol. The molecule has 2 N–H and O–H groups in total. The maximum atomic E-state index is 12.9. The third kappa shape index (κ3) is 4.52. The lowest BCUT2D eigenvalue weighted by Crippen LogP contribution is -2.31. The smallest absolute Gasteiger partial charge is 0.258 e. The zero-order valence-electron chi connectivity index (χ0n) is 15.1. The SMILES string of the molecule is CCCCOc1c(CN)n(CC(C)(C)C)c(=O)c2ccccc12.Cl. The van der Waals surface area contributed by atoms with Crippen LogP contribution in [0.3, 0.4) is 0 Å². The van der Waals surface area contributed by atoms with E-state index in [1.165, 1.54) is 0 Å². The molecule has 0 bridgehead atoms. The number of hydrogen-bond donors (Lipinski definition) is 1. The van der Waals surface area contributed by atoms with Crippen molar-refractivity contribution in [2.45, 2.75) is 53.6 Å². The largest absolute Gasteiger partial charge is 0.491 e. The molecular formula is C19H29ClN2O2. The van der Waals surface area contributed by atoms with Crippen LogP contribution >= 0.6 is 12.4 Å². The van der Waals surface area contributed by atoms with Crippen molar-refractivity contribution in [3.8, 4) is 5.75 Å². The first-order valence-corrected chi connectivity index (χ1v) is 8.36. The van der Waals surface area contributed by atoms with Gasteiger partial charge in [-0.15, -0.1) is 12.4 Å². The summed E-state index contributed by atoms with van der Waals surface area (Å²) in [7, 11) is 0. The fourth-order valence-corrected chi connectivity index (χ4v) is 2.74. The summed E-state index contributed by atoms with van der Waals surface area (Å²) in [6.45, 7) is 10.0. The monoisotopic (exact) mass is 352 g/mol. The van der Waals surface area contributed by atoms with E-state index in [-0.39, 0.29) is 29.9 Å². The van der Waals surface area contributed by atoms with Crippen molar-refractivity contribution in [1.82, 2.24) is 4.57 Å². The van der Waals surface area contributed by atoms with Gasteiger partial charge >= 0.3 is 0 Å². The Labute approximate surface area is 150 Å². The fourth-order valence-electron chi connectivity index (χ4n) is 2.74. The molecule has 0 amide bonds. The molecule has 134 valence electrons. The number of hydrogen-bond acceptors (Lipinski definition) is 3. The van der Waals surface area contributed by atoms with Gasteiger partial charge in [0.05, 0.1) is 17.7 Å². The Kier molecular flexibility index (Phi) is 7.30. The van der Waals surface area contributed by atoms with Gasteiger partial charge in [-0.3, -0.25) is 4.79 Å². The highest BCUT2D eigenvalue weighted by molar-refractivity contribution is 5.88. The van der Waals surface area contributed by atoms with Gasteiger partial charge in [-0.25, -0.2) is 0 Å². The molecule has 1 heterocycles. The van der Waals surface area contributed by atoms with Crippen LogP contribution in [-0.4, -0.2) is 11.2 Å². The van der Waals surface area contributed by atoms with Gasteiger partial charge in [0.25, 0.3) is 5.56 Å². The Balaban J connectivity index is 0.00000288. The first kappa shape index (κ1) is 20.5. The summed E-state index contributed by atoms with van der Waals surface area (Å²) >= 11 is 0. The number of unbranched alkanes of at least 4 members (excludes halogenated alkanes) is 1. The molecule has 0 spiro atoms. The number of nitrogens with two attached hydrogens (primary N) is 1. The van der Waals surface area contributed by atoms with Crippen molar-refractivity contribution in [1.29, 1.82) is 0 Å². The van der Waals surface area contributed by atoms with Crippen LogP contribution in [0.5, 0.6) is 5.75 Å². The molecule has 0 saturated carbocycles. The molecule has 24 heavy (non-hydrogen) atoms. The average Bonchev–Trinajstić information content (AvgIpc) is 2.50. The van der Waals surface area contributed by atoms with E-state index in [1.54, 1.807) is 4.57 Å². The lowest BCUT2D eigenvalue weighted by atomic mass is 9.96. The number of pyridine rings is 1. The molecule has 0 fully saturated rings. The van der Waals surface area contributed by atoms with E-state index in [0.717, 1.165) is 29.7 Å². The Hall–Kier alpha value is -1.52. The molecule has 0 aliphatic carbocycles.